The Balaban J connectivity index is 1.94. The second kappa shape index (κ2) is 6.53. The molecule has 2 N–H and O–H groups in total. The number of phenolic OH excluding ortho intramolecular Hbond substituents is 1. The van der Waals surface area contributed by atoms with Gasteiger partial charge in [0.15, 0.2) is 0 Å². The molecule has 0 unspecified atom stereocenters. The van der Waals surface area contributed by atoms with Crippen molar-refractivity contribution in [1.29, 1.82) is 5.26 Å². The topological polar surface area (TPSA) is 73.1 Å². The van der Waals surface area contributed by atoms with Gasteiger partial charge in [-0.15, -0.1) is 0 Å². The third-order valence-corrected chi connectivity index (χ3v) is 2.93. The van der Waals surface area contributed by atoms with Gasteiger partial charge in [-0.25, -0.2) is 4.39 Å². The Labute approximate surface area is 121 Å². The number of carbonyl (C=O) groups excluding carboxylic acids is 1. The lowest BCUT2D eigenvalue weighted by Gasteiger charge is -2.07. The first-order valence-corrected chi connectivity index (χ1v) is 6.31. The van der Waals surface area contributed by atoms with E-state index in [4.69, 9.17) is 5.26 Å². The van der Waals surface area contributed by atoms with Crippen LogP contribution in [0.15, 0.2) is 42.5 Å². The molecule has 0 bridgehead atoms. The Morgan fingerprint density at radius 1 is 1.29 bits per heavy atom. The predicted molar refractivity (Wildman–Crippen MR) is 74.8 cm³/mol. The van der Waals surface area contributed by atoms with Crippen LogP contribution in [0.5, 0.6) is 5.75 Å². The smallest absolute Gasteiger partial charge is 0.224 e. The number of halogens is 1. The van der Waals surface area contributed by atoms with Crippen LogP contribution in [-0.2, 0) is 17.8 Å². The summed E-state index contributed by atoms with van der Waals surface area (Å²) in [4.78, 5) is 11.8. The summed E-state index contributed by atoms with van der Waals surface area (Å²) in [6, 6.07) is 12.4. The molecule has 0 aliphatic carbocycles. The van der Waals surface area contributed by atoms with Crippen molar-refractivity contribution in [2.24, 2.45) is 0 Å². The van der Waals surface area contributed by atoms with Gasteiger partial charge in [-0.2, -0.15) is 5.26 Å². The van der Waals surface area contributed by atoms with Crippen LogP contribution in [0, 0.1) is 17.1 Å². The highest BCUT2D eigenvalue weighted by Gasteiger charge is 2.07. The molecule has 106 valence electrons. The first-order chi connectivity index (χ1) is 10.1. The van der Waals surface area contributed by atoms with E-state index in [2.05, 4.69) is 5.32 Å². The van der Waals surface area contributed by atoms with Crippen molar-refractivity contribution in [3.63, 3.8) is 0 Å². The van der Waals surface area contributed by atoms with Crippen molar-refractivity contribution in [2.75, 3.05) is 0 Å². The molecule has 2 aromatic carbocycles. The Morgan fingerprint density at radius 2 is 2.10 bits per heavy atom. The molecule has 0 saturated carbocycles. The highest BCUT2D eigenvalue weighted by molar-refractivity contribution is 5.78. The van der Waals surface area contributed by atoms with Crippen LogP contribution in [0.25, 0.3) is 0 Å². The van der Waals surface area contributed by atoms with Gasteiger partial charge in [0, 0.05) is 12.1 Å². The largest absolute Gasteiger partial charge is 0.508 e. The molecular weight excluding hydrogens is 271 g/mol. The highest BCUT2D eigenvalue weighted by Crippen LogP contribution is 2.12. The summed E-state index contributed by atoms with van der Waals surface area (Å²) < 4.78 is 13.6. The molecule has 0 heterocycles. The van der Waals surface area contributed by atoms with E-state index >= 15 is 0 Å². The molecule has 0 spiro atoms. The van der Waals surface area contributed by atoms with Crippen molar-refractivity contribution < 1.29 is 14.3 Å². The maximum Gasteiger partial charge on any atom is 0.224 e. The number of nitriles is 1. The molecule has 0 aliphatic rings. The number of hydrogen-bond donors (Lipinski definition) is 2. The van der Waals surface area contributed by atoms with Crippen molar-refractivity contribution in [2.45, 2.75) is 13.0 Å². The summed E-state index contributed by atoms with van der Waals surface area (Å²) in [6.07, 6.45) is 0.103. The van der Waals surface area contributed by atoms with E-state index in [1.165, 1.54) is 24.3 Å². The number of rotatable bonds is 4. The second-order valence-electron chi connectivity index (χ2n) is 4.54. The number of hydrogen-bond acceptors (Lipinski definition) is 3. The van der Waals surface area contributed by atoms with Crippen molar-refractivity contribution in [1.82, 2.24) is 5.32 Å². The fourth-order valence-corrected chi connectivity index (χ4v) is 1.87. The molecule has 0 aliphatic heterocycles. The first kappa shape index (κ1) is 14.5. The molecule has 0 radical (unpaired) electrons. The minimum absolute atomic E-state index is 0.0508. The van der Waals surface area contributed by atoms with Gasteiger partial charge >= 0.3 is 0 Å². The number of phenols is 1. The van der Waals surface area contributed by atoms with E-state index in [1.54, 1.807) is 12.1 Å². The van der Waals surface area contributed by atoms with Crippen molar-refractivity contribution in [3.8, 4) is 11.8 Å². The quantitative estimate of drug-likeness (QED) is 0.904. The number of aromatic hydroxyl groups is 1. The molecule has 2 rings (SSSR count). The third-order valence-electron chi connectivity index (χ3n) is 2.93. The SMILES string of the molecule is N#Cc1ccc(CNC(=O)Cc2cccc(O)c2)c(F)c1. The lowest BCUT2D eigenvalue weighted by Crippen LogP contribution is -2.25. The molecule has 4 nitrogen and oxygen atoms in total. The van der Waals surface area contributed by atoms with Gasteiger partial charge in [-0.05, 0) is 29.8 Å². The third kappa shape index (κ3) is 4.05. The fraction of sp³-hybridized carbons (Fsp3) is 0.125. The van der Waals surface area contributed by atoms with Gasteiger partial charge in [0.25, 0.3) is 0 Å². The van der Waals surface area contributed by atoms with Gasteiger partial charge in [-0.3, -0.25) is 4.79 Å². The average Bonchev–Trinajstić information content (AvgIpc) is 2.46. The van der Waals surface area contributed by atoms with Crippen LogP contribution in [-0.4, -0.2) is 11.0 Å². The fourth-order valence-electron chi connectivity index (χ4n) is 1.87. The number of carbonyl (C=O) groups is 1. The van der Waals surface area contributed by atoms with Gasteiger partial charge < -0.3 is 10.4 Å². The number of benzene rings is 2. The zero-order chi connectivity index (χ0) is 15.2. The highest BCUT2D eigenvalue weighted by atomic mass is 19.1. The first-order valence-electron chi connectivity index (χ1n) is 6.31. The lowest BCUT2D eigenvalue weighted by atomic mass is 10.1. The molecule has 0 fully saturated rings. The van der Waals surface area contributed by atoms with Crippen LogP contribution in [0.2, 0.25) is 0 Å². The van der Waals surface area contributed by atoms with Gasteiger partial charge in [0.2, 0.25) is 5.91 Å². The van der Waals surface area contributed by atoms with Crippen molar-refractivity contribution in [3.05, 3.63) is 65.0 Å². The second-order valence-corrected chi connectivity index (χ2v) is 4.54. The summed E-state index contributed by atoms with van der Waals surface area (Å²) in [6.45, 7) is 0.0508. The van der Waals surface area contributed by atoms with Crippen LogP contribution in [0.4, 0.5) is 4.39 Å². The van der Waals surface area contributed by atoms with Crippen LogP contribution < -0.4 is 5.32 Å². The van der Waals surface area contributed by atoms with E-state index in [1.807, 2.05) is 6.07 Å². The Morgan fingerprint density at radius 3 is 2.76 bits per heavy atom. The minimum Gasteiger partial charge on any atom is -0.508 e. The zero-order valence-electron chi connectivity index (χ0n) is 11.1. The predicted octanol–water partition coefficient (Wildman–Crippen LogP) is 2.26. The molecule has 0 saturated heterocycles. The number of nitrogens with zero attached hydrogens (tertiary/aromatic N) is 1. The van der Waals surface area contributed by atoms with Crippen LogP contribution in [0.3, 0.4) is 0 Å². The minimum atomic E-state index is -0.522. The lowest BCUT2D eigenvalue weighted by molar-refractivity contribution is -0.120. The van der Waals surface area contributed by atoms with Crippen molar-refractivity contribution >= 4 is 5.91 Å². The molecule has 2 aromatic rings. The van der Waals surface area contributed by atoms with Crippen LogP contribution in [0.1, 0.15) is 16.7 Å². The van der Waals surface area contributed by atoms with Gasteiger partial charge in [0.05, 0.1) is 18.1 Å². The normalized spacial score (nSPS) is 9.90. The van der Waals surface area contributed by atoms with Gasteiger partial charge in [0.1, 0.15) is 11.6 Å². The van der Waals surface area contributed by atoms with E-state index in [-0.39, 0.29) is 30.2 Å². The molecular formula is C16H13FN2O2. The zero-order valence-corrected chi connectivity index (χ0v) is 11.1. The average molecular weight is 284 g/mol. The maximum atomic E-state index is 13.6. The maximum absolute atomic E-state index is 13.6. The molecule has 5 heteroatoms. The molecule has 1 amide bonds. The Kier molecular flexibility index (Phi) is 4.52. The molecule has 0 atom stereocenters. The Hall–Kier alpha value is -2.87. The summed E-state index contributed by atoms with van der Waals surface area (Å²) in [5, 5.41) is 20.6. The van der Waals surface area contributed by atoms with E-state index in [9.17, 15) is 14.3 Å². The standard InChI is InChI=1S/C16H13FN2O2/c17-15-7-12(9-18)4-5-13(15)10-19-16(21)8-11-2-1-3-14(20)6-11/h1-7,20H,8,10H2,(H,19,21). The Bertz CT molecular complexity index is 708. The summed E-state index contributed by atoms with van der Waals surface area (Å²) in [5.41, 5.74) is 1.23. The monoisotopic (exact) mass is 284 g/mol. The van der Waals surface area contributed by atoms with E-state index < -0.39 is 5.82 Å². The molecule has 0 aromatic heterocycles. The number of nitrogens with one attached hydrogen (secondary N) is 1. The summed E-state index contributed by atoms with van der Waals surface area (Å²) >= 11 is 0. The van der Waals surface area contributed by atoms with Crippen LogP contribution >= 0.6 is 0 Å². The van der Waals surface area contributed by atoms with Gasteiger partial charge in [-0.1, -0.05) is 18.2 Å². The number of amides is 1. The molecule has 21 heavy (non-hydrogen) atoms. The van der Waals surface area contributed by atoms with E-state index in [0.717, 1.165) is 6.07 Å². The summed E-state index contributed by atoms with van der Waals surface area (Å²) in [5.74, 6) is -0.700. The van der Waals surface area contributed by atoms with E-state index in [0.29, 0.717) is 11.1 Å². The summed E-state index contributed by atoms with van der Waals surface area (Å²) in [7, 11) is 0.